The number of hydrogen-bond donors (Lipinski definition) is 2. The number of fused-ring (bicyclic) bond motifs is 1. The molecule has 0 radical (unpaired) electrons. The highest BCUT2D eigenvalue weighted by Crippen LogP contribution is 2.25. The van der Waals surface area contributed by atoms with Crippen molar-refractivity contribution in [2.75, 3.05) is 10.6 Å². The van der Waals surface area contributed by atoms with Crippen molar-refractivity contribution in [3.8, 4) is 6.07 Å². The summed E-state index contributed by atoms with van der Waals surface area (Å²) in [6, 6.07) is 22.1. The molecule has 33 heavy (non-hydrogen) atoms. The summed E-state index contributed by atoms with van der Waals surface area (Å²) in [5.41, 5.74) is 3.20. The summed E-state index contributed by atoms with van der Waals surface area (Å²) in [5, 5.41) is 16.1. The summed E-state index contributed by atoms with van der Waals surface area (Å²) < 4.78 is 1.44. The Balaban J connectivity index is 1.54. The van der Waals surface area contributed by atoms with Crippen LogP contribution in [0.3, 0.4) is 0 Å². The zero-order valence-electron chi connectivity index (χ0n) is 18.6. The van der Waals surface area contributed by atoms with Crippen LogP contribution in [0.2, 0.25) is 0 Å². The van der Waals surface area contributed by atoms with Crippen LogP contribution in [-0.2, 0) is 12.5 Å². The molecule has 1 heterocycles. The Labute approximate surface area is 191 Å². The molecule has 4 rings (SSSR count). The van der Waals surface area contributed by atoms with Gasteiger partial charge in [-0.15, -0.1) is 0 Å². The minimum absolute atomic E-state index is 0.119. The Kier molecular flexibility index (Phi) is 5.67. The maximum Gasteiger partial charge on any atom is 0.260 e. The molecule has 0 aliphatic carbocycles. The Morgan fingerprint density at radius 2 is 1.73 bits per heavy atom. The Bertz CT molecular complexity index is 1460. The topological polar surface area (TPSA) is 99.8 Å². The highest BCUT2D eigenvalue weighted by atomic mass is 16.1. The number of anilines is 3. The van der Waals surface area contributed by atoms with Gasteiger partial charge in [0.2, 0.25) is 0 Å². The average Bonchev–Trinajstić information content (AvgIpc) is 2.82. The van der Waals surface area contributed by atoms with Crippen LogP contribution in [0.15, 0.2) is 77.9 Å². The van der Waals surface area contributed by atoms with E-state index < -0.39 is 5.41 Å². The number of nitrogens with zero attached hydrogens (tertiary/aromatic N) is 3. The first-order valence-corrected chi connectivity index (χ1v) is 10.4. The molecule has 1 aromatic heterocycles. The van der Waals surface area contributed by atoms with Crippen molar-refractivity contribution in [3.63, 3.8) is 0 Å². The van der Waals surface area contributed by atoms with Crippen LogP contribution in [0.5, 0.6) is 0 Å². The molecule has 7 heteroatoms. The summed E-state index contributed by atoms with van der Waals surface area (Å²) in [4.78, 5) is 29.4. The number of carbonyl (C=O) groups is 1. The van der Waals surface area contributed by atoms with E-state index in [2.05, 4.69) is 21.7 Å². The Morgan fingerprint density at radius 1 is 1.00 bits per heavy atom. The van der Waals surface area contributed by atoms with E-state index in [0.717, 1.165) is 16.9 Å². The van der Waals surface area contributed by atoms with Gasteiger partial charge in [-0.2, -0.15) is 5.26 Å². The fourth-order valence-corrected chi connectivity index (χ4v) is 3.45. The highest BCUT2D eigenvalue weighted by Gasteiger charge is 2.20. The first kappa shape index (κ1) is 21.8. The standard InChI is InChI=1S/C26H23N5O2/c1-26(2,15-27)18-7-4-6-17(12-18)24(32)30-20-9-5-8-19(13-20)29-21-10-11-23-22(14-21)25(33)31(3)16-28-23/h4-14,16,29H,1-3H3,(H,30,32). The maximum atomic E-state index is 12.8. The van der Waals surface area contributed by atoms with Gasteiger partial charge < -0.3 is 15.2 Å². The van der Waals surface area contributed by atoms with E-state index in [4.69, 9.17) is 0 Å². The normalized spacial score (nSPS) is 11.1. The molecule has 0 atom stereocenters. The predicted octanol–water partition coefficient (Wildman–Crippen LogP) is 4.73. The number of benzene rings is 3. The first-order valence-electron chi connectivity index (χ1n) is 10.4. The molecule has 0 spiro atoms. The lowest BCUT2D eigenvalue weighted by molar-refractivity contribution is 0.102. The molecule has 0 aliphatic heterocycles. The van der Waals surface area contributed by atoms with Crippen molar-refractivity contribution in [2.45, 2.75) is 19.3 Å². The highest BCUT2D eigenvalue weighted by molar-refractivity contribution is 6.04. The van der Waals surface area contributed by atoms with Gasteiger partial charge in [-0.1, -0.05) is 18.2 Å². The van der Waals surface area contributed by atoms with Gasteiger partial charge in [0, 0.05) is 29.7 Å². The van der Waals surface area contributed by atoms with Gasteiger partial charge in [0.15, 0.2) is 0 Å². The zero-order valence-corrected chi connectivity index (χ0v) is 18.6. The fourth-order valence-electron chi connectivity index (χ4n) is 3.45. The number of nitrogens with one attached hydrogen (secondary N) is 2. The van der Waals surface area contributed by atoms with E-state index in [-0.39, 0.29) is 11.5 Å². The lowest BCUT2D eigenvalue weighted by Gasteiger charge is -2.16. The minimum Gasteiger partial charge on any atom is -0.355 e. The van der Waals surface area contributed by atoms with Gasteiger partial charge in [-0.25, -0.2) is 4.98 Å². The third-order valence-corrected chi connectivity index (χ3v) is 5.45. The average molecular weight is 438 g/mol. The molecule has 2 N–H and O–H groups in total. The minimum atomic E-state index is -0.684. The molecule has 1 amide bonds. The molecule has 0 saturated carbocycles. The van der Waals surface area contributed by atoms with E-state index in [1.165, 1.54) is 10.9 Å². The second-order valence-corrected chi connectivity index (χ2v) is 8.37. The lowest BCUT2D eigenvalue weighted by Crippen LogP contribution is -2.17. The predicted molar refractivity (Wildman–Crippen MR) is 130 cm³/mol. The SMILES string of the molecule is Cn1cnc2ccc(Nc3cccc(NC(=O)c4cccc(C(C)(C)C#N)c4)c3)cc2c1=O. The van der Waals surface area contributed by atoms with Gasteiger partial charge in [0.1, 0.15) is 0 Å². The second kappa shape index (κ2) is 8.60. The number of carbonyl (C=O) groups excluding carboxylic acids is 1. The van der Waals surface area contributed by atoms with Crippen molar-refractivity contribution in [2.24, 2.45) is 7.05 Å². The summed E-state index contributed by atoms with van der Waals surface area (Å²) >= 11 is 0. The molecule has 0 bridgehead atoms. The van der Waals surface area contributed by atoms with Crippen LogP contribution in [0.1, 0.15) is 29.8 Å². The molecule has 164 valence electrons. The fraction of sp³-hybridized carbons (Fsp3) is 0.154. The molecule has 0 aliphatic rings. The molecule has 0 fully saturated rings. The van der Waals surface area contributed by atoms with E-state index in [9.17, 15) is 14.9 Å². The van der Waals surface area contributed by atoms with Gasteiger partial charge >= 0.3 is 0 Å². The summed E-state index contributed by atoms with van der Waals surface area (Å²) in [7, 11) is 1.66. The molecule has 4 aromatic rings. The number of nitriles is 1. The Hall–Kier alpha value is -4.44. The molecule has 3 aromatic carbocycles. The Morgan fingerprint density at radius 3 is 2.52 bits per heavy atom. The van der Waals surface area contributed by atoms with Crippen LogP contribution in [0, 0.1) is 11.3 Å². The van der Waals surface area contributed by atoms with Gasteiger partial charge in [-0.3, -0.25) is 9.59 Å². The van der Waals surface area contributed by atoms with Crippen LogP contribution < -0.4 is 16.2 Å². The maximum absolute atomic E-state index is 12.8. The van der Waals surface area contributed by atoms with Crippen molar-refractivity contribution >= 4 is 33.9 Å². The summed E-state index contributed by atoms with van der Waals surface area (Å²) in [6.45, 7) is 3.63. The summed E-state index contributed by atoms with van der Waals surface area (Å²) in [6.07, 6.45) is 1.50. The van der Waals surface area contributed by atoms with E-state index >= 15 is 0 Å². The van der Waals surface area contributed by atoms with E-state index in [0.29, 0.717) is 22.2 Å². The first-order chi connectivity index (χ1) is 15.8. The van der Waals surface area contributed by atoms with Crippen LogP contribution >= 0.6 is 0 Å². The third-order valence-electron chi connectivity index (χ3n) is 5.45. The van der Waals surface area contributed by atoms with Crippen molar-refractivity contribution in [1.29, 1.82) is 5.26 Å². The molecule has 0 saturated heterocycles. The number of aryl methyl sites for hydroxylation is 1. The monoisotopic (exact) mass is 437 g/mol. The van der Waals surface area contributed by atoms with Crippen LogP contribution in [-0.4, -0.2) is 15.5 Å². The number of amides is 1. The summed E-state index contributed by atoms with van der Waals surface area (Å²) in [5.74, 6) is -0.261. The molecular weight excluding hydrogens is 414 g/mol. The van der Waals surface area contributed by atoms with Gasteiger partial charge in [-0.05, 0) is 67.9 Å². The van der Waals surface area contributed by atoms with Gasteiger partial charge in [0.05, 0.1) is 28.7 Å². The van der Waals surface area contributed by atoms with Crippen molar-refractivity contribution in [3.05, 3.63) is 94.5 Å². The van der Waals surface area contributed by atoms with Crippen molar-refractivity contribution < 1.29 is 4.79 Å². The van der Waals surface area contributed by atoms with Crippen LogP contribution in [0.4, 0.5) is 17.1 Å². The molecular formula is C26H23N5O2. The molecule has 7 nitrogen and oxygen atoms in total. The van der Waals surface area contributed by atoms with E-state index in [1.54, 1.807) is 43.4 Å². The quantitative estimate of drug-likeness (QED) is 0.470. The number of rotatable bonds is 5. The van der Waals surface area contributed by atoms with Gasteiger partial charge in [0.25, 0.3) is 11.5 Å². The third kappa shape index (κ3) is 4.60. The number of aromatic nitrogens is 2. The zero-order chi connectivity index (χ0) is 23.6. The lowest BCUT2D eigenvalue weighted by atomic mass is 9.85. The molecule has 0 unspecified atom stereocenters. The van der Waals surface area contributed by atoms with E-state index in [1.807, 2.05) is 44.2 Å². The largest absolute Gasteiger partial charge is 0.355 e. The second-order valence-electron chi connectivity index (χ2n) is 8.37. The van der Waals surface area contributed by atoms with Crippen LogP contribution in [0.25, 0.3) is 10.9 Å². The smallest absolute Gasteiger partial charge is 0.260 e. The van der Waals surface area contributed by atoms with Crippen molar-refractivity contribution in [1.82, 2.24) is 9.55 Å². The number of hydrogen-bond acceptors (Lipinski definition) is 5.